The lowest BCUT2D eigenvalue weighted by molar-refractivity contribution is 0.309. The highest BCUT2D eigenvalue weighted by atomic mass is 15.2. The van der Waals surface area contributed by atoms with E-state index in [-0.39, 0.29) is 0 Å². The third-order valence-corrected chi connectivity index (χ3v) is 5.37. The van der Waals surface area contributed by atoms with Crippen molar-refractivity contribution in [2.45, 2.75) is 25.7 Å². The number of fused-ring (bicyclic) bond motifs is 1. The van der Waals surface area contributed by atoms with Crippen LogP contribution in [0.25, 0.3) is 10.9 Å². The molecule has 4 heteroatoms. The van der Waals surface area contributed by atoms with Gasteiger partial charge >= 0.3 is 0 Å². The molecule has 1 aromatic carbocycles. The van der Waals surface area contributed by atoms with E-state index in [2.05, 4.69) is 16.3 Å². The van der Waals surface area contributed by atoms with Gasteiger partial charge in [0.2, 0.25) is 0 Å². The van der Waals surface area contributed by atoms with Crippen LogP contribution in [0, 0.1) is 16.7 Å². The second-order valence-electron chi connectivity index (χ2n) is 6.97. The van der Waals surface area contributed by atoms with Crippen molar-refractivity contribution in [3.05, 3.63) is 35.9 Å². The average molecular weight is 306 g/mol. The number of nitrogens with one attached hydrogen (secondary N) is 1. The van der Waals surface area contributed by atoms with Gasteiger partial charge in [0.1, 0.15) is 11.9 Å². The standard InChI is InChI=1S/C19H22N4/c20-12-16-11-15-5-1-2-6-17(15)22-18(16)23-10-4-3-7-19(14-23)8-9-21-13-19/h1-2,5-6,11,21H,3-4,7-10,13-14H2. The molecule has 1 spiro atoms. The van der Waals surface area contributed by atoms with Crippen LogP contribution in [-0.2, 0) is 0 Å². The molecule has 2 aliphatic heterocycles. The van der Waals surface area contributed by atoms with Crippen LogP contribution in [0.5, 0.6) is 0 Å². The Morgan fingerprint density at radius 3 is 2.96 bits per heavy atom. The van der Waals surface area contributed by atoms with E-state index in [4.69, 9.17) is 4.98 Å². The summed E-state index contributed by atoms with van der Waals surface area (Å²) in [5.74, 6) is 0.874. The first kappa shape index (κ1) is 14.5. The molecule has 1 unspecified atom stereocenters. The molecule has 0 bridgehead atoms. The topological polar surface area (TPSA) is 52.0 Å². The highest BCUT2D eigenvalue weighted by molar-refractivity contribution is 5.83. The summed E-state index contributed by atoms with van der Waals surface area (Å²) in [5, 5.41) is 14.2. The number of aromatic nitrogens is 1. The Morgan fingerprint density at radius 1 is 1.22 bits per heavy atom. The van der Waals surface area contributed by atoms with Crippen LogP contribution in [0.3, 0.4) is 0 Å². The molecule has 1 N–H and O–H groups in total. The van der Waals surface area contributed by atoms with Crippen LogP contribution in [0.2, 0.25) is 0 Å². The van der Waals surface area contributed by atoms with E-state index in [9.17, 15) is 5.26 Å². The number of hydrogen-bond donors (Lipinski definition) is 1. The number of hydrogen-bond acceptors (Lipinski definition) is 4. The number of benzene rings is 1. The predicted octanol–water partition coefficient (Wildman–Crippen LogP) is 3.08. The molecular formula is C19H22N4. The summed E-state index contributed by atoms with van der Waals surface area (Å²) in [6.07, 6.45) is 4.97. The highest BCUT2D eigenvalue weighted by Gasteiger charge is 2.37. The van der Waals surface area contributed by atoms with Crippen molar-refractivity contribution in [3.8, 4) is 6.07 Å². The van der Waals surface area contributed by atoms with Crippen LogP contribution in [0.4, 0.5) is 5.82 Å². The third-order valence-electron chi connectivity index (χ3n) is 5.37. The Morgan fingerprint density at radius 2 is 2.13 bits per heavy atom. The summed E-state index contributed by atoms with van der Waals surface area (Å²) in [6, 6.07) is 12.4. The maximum absolute atomic E-state index is 9.61. The molecule has 23 heavy (non-hydrogen) atoms. The average Bonchev–Trinajstić information content (AvgIpc) is 2.94. The second kappa shape index (κ2) is 5.82. The fraction of sp³-hybridized carbons (Fsp3) is 0.474. The van der Waals surface area contributed by atoms with Crippen LogP contribution in [0.15, 0.2) is 30.3 Å². The monoisotopic (exact) mass is 306 g/mol. The number of pyridine rings is 1. The molecule has 0 radical (unpaired) electrons. The summed E-state index contributed by atoms with van der Waals surface area (Å²) < 4.78 is 0. The minimum absolute atomic E-state index is 0.358. The number of nitriles is 1. The lowest BCUT2D eigenvalue weighted by Crippen LogP contribution is -2.38. The van der Waals surface area contributed by atoms with E-state index in [0.717, 1.165) is 42.9 Å². The first-order valence-electron chi connectivity index (χ1n) is 8.55. The van der Waals surface area contributed by atoms with Gasteiger partial charge in [0.05, 0.1) is 11.1 Å². The van der Waals surface area contributed by atoms with Crippen molar-refractivity contribution in [1.29, 1.82) is 5.26 Å². The first-order valence-corrected chi connectivity index (χ1v) is 8.55. The number of para-hydroxylation sites is 1. The normalized spacial score (nSPS) is 24.7. The number of anilines is 1. The summed E-state index contributed by atoms with van der Waals surface area (Å²) >= 11 is 0. The molecule has 0 amide bonds. The van der Waals surface area contributed by atoms with Crippen molar-refractivity contribution in [1.82, 2.24) is 10.3 Å². The predicted molar refractivity (Wildman–Crippen MR) is 92.4 cm³/mol. The maximum atomic E-state index is 9.61. The van der Waals surface area contributed by atoms with Gasteiger partial charge in [-0.15, -0.1) is 0 Å². The van der Waals surface area contributed by atoms with Gasteiger partial charge in [0.25, 0.3) is 0 Å². The van der Waals surface area contributed by atoms with Gasteiger partial charge in [-0.25, -0.2) is 4.98 Å². The molecule has 2 aromatic rings. The van der Waals surface area contributed by atoms with Gasteiger partial charge in [-0.05, 0) is 37.9 Å². The summed E-state index contributed by atoms with van der Waals surface area (Å²) in [5.41, 5.74) is 2.03. The lowest BCUT2D eigenvalue weighted by Gasteiger charge is -2.33. The third kappa shape index (κ3) is 2.66. The molecule has 0 saturated carbocycles. The fourth-order valence-corrected chi connectivity index (χ4v) is 4.12. The summed E-state index contributed by atoms with van der Waals surface area (Å²) in [6.45, 7) is 4.23. The van der Waals surface area contributed by atoms with Gasteiger partial charge in [-0.3, -0.25) is 0 Å². The van der Waals surface area contributed by atoms with Crippen molar-refractivity contribution < 1.29 is 0 Å². The minimum atomic E-state index is 0.358. The molecule has 4 rings (SSSR count). The lowest BCUT2D eigenvalue weighted by atomic mass is 9.82. The Hall–Kier alpha value is -2.12. The number of rotatable bonds is 1. The van der Waals surface area contributed by atoms with Gasteiger partial charge in [-0.2, -0.15) is 5.26 Å². The molecule has 0 aliphatic carbocycles. The van der Waals surface area contributed by atoms with Crippen molar-refractivity contribution in [2.24, 2.45) is 5.41 Å². The number of nitrogens with zero attached hydrogens (tertiary/aromatic N) is 3. The van der Waals surface area contributed by atoms with E-state index in [1.165, 1.54) is 25.7 Å². The Bertz CT molecular complexity index is 756. The van der Waals surface area contributed by atoms with Gasteiger partial charge in [0.15, 0.2) is 0 Å². The SMILES string of the molecule is N#Cc1cc2ccccc2nc1N1CCCCC2(CCNC2)C1. The van der Waals surface area contributed by atoms with Gasteiger partial charge in [0, 0.05) is 30.4 Å². The van der Waals surface area contributed by atoms with Crippen LogP contribution in [-0.4, -0.2) is 31.2 Å². The van der Waals surface area contributed by atoms with Crippen molar-refractivity contribution in [3.63, 3.8) is 0 Å². The van der Waals surface area contributed by atoms with Gasteiger partial charge < -0.3 is 10.2 Å². The van der Waals surface area contributed by atoms with Crippen LogP contribution < -0.4 is 10.2 Å². The molecular weight excluding hydrogens is 284 g/mol. The molecule has 1 aromatic heterocycles. The summed E-state index contributed by atoms with van der Waals surface area (Å²) in [7, 11) is 0. The Balaban J connectivity index is 1.76. The molecule has 2 saturated heterocycles. The first-order chi connectivity index (χ1) is 11.3. The van der Waals surface area contributed by atoms with Crippen LogP contribution in [0.1, 0.15) is 31.2 Å². The molecule has 3 heterocycles. The van der Waals surface area contributed by atoms with E-state index in [1.807, 2.05) is 30.3 Å². The summed E-state index contributed by atoms with van der Waals surface area (Å²) in [4.78, 5) is 7.21. The van der Waals surface area contributed by atoms with Crippen molar-refractivity contribution >= 4 is 16.7 Å². The molecule has 118 valence electrons. The van der Waals surface area contributed by atoms with E-state index >= 15 is 0 Å². The molecule has 2 fully saturated rings. The van der Waals surface area contributed by atoms with Crippen LogP contribution >= 0.6 is 0 Å². The Kier molecular flexibility index (Phi) is 3.66. The molecule has 4 nitrogen and oxygen atoms in total. The minimum Gasteiger partial charge on any atom is -0.355 e. The molecule has 1 atom stereocenters. The van der Waals surface area contributed by atoms with E-state index in [0.29, 0.717) is 11.0 Å². The maximum Gasteiger partial charge on any atom is 0.147 e. The quantitative estimate of drug-likeness (QED) is 0.879. The fourth-order valence-electron chi connectivity index (χ4n) is 4.12. The second-order valence-corrected chi connectivity index (χ2v) is 6.97. The zero-order valence-electron chi connectivity index (χ0n) is 13.4. The van der Waals surface area contributed by atoms with Crippen molar-refractivity contribution in [2.75, 3.05) is 31.1 Å². The Labute approximate surface area is 137 Å². The smallest absolute Gasteiger partial charge is 0.147 e. The van der Waals surface area contributed by atoms with E-state index < -0.39 is 0 Å². The largest absolute Gasteiger partial charge is 0.355 e. The highest BCUT2D eigenvalue weighted by Crippen LogP contribution is 2.37. The van der Waals surface area contributed by atoms with E-state index in [1.54, 1.807) is 0 Å². The van der Waals surface area contributed by atoms with Gasteiger partial charge in [-0.1, -0.05) is 24.6 Å². The zero-order valence-corrected chi connectivity index (χ0v) is 13.4. The zero-order chi connectivity index (χ0) is 15.7. The molecule has 2 aliphatic rings.